The lowest BCUT2D eigenvalue weighted by Gasteiger charge is -2.48. The van der Waals surface area contributed by atoms with E-state index in [0.29, 0.717) is 43.8 Å². The number of amides is 1. The number of ether oxygens (including phenoxy) is 4. The van der Waals surface area contributed by atoms with Gasteiger partial charge in [-0.25, -0.2) is 4.21 Å². The zero-order chi connectivity index (χ0) is 36.1. The molecule has 1 amide bonds. The topological polar surface area (TPSA) is 89.6 Å². The molecule has 0 spiro atoms. The van der Waals surface area contributed by atoms with E-state index in [1.54, 1.807) is 13.2 Å². The molecule has 2 fully saturated rings. The lowest BCUT2D eigenvalue weighted by Crippen LogP contribution is -2.51. The minimum absolute atomic E-state index is 0.125. The van der Waals surface area contributed by atoms with Gasteiger partial charge in [-0.1, -0.05) is 44.4 Å². The predicted octanol–water partition coefficient (Wildman–Crippen LogP) is 6.84. The second-order valence-electron chi connectivity index (χ2n) is 15.4. The molecule has 0 radical (unpaired) electrons. The number of nitrogens with one attached hydrogen (secondary N) is 1. The summed E-state index contributed by atoms with van der Waals surface area (Å²) in [4.78, 5) is 18.3. The van der Waals surface area contributed by atoms with E-state index in [0.717, 1.165) is 81.0 Å². The van der Waals surface area contributed by atoms with Gasteiger partial charge >= 0.3 is 0 Å². The number of benzene rings is 2. The highest BCUT2D eigenvalue weighted by atomic mass is 35.5. The molecule has 2 aromatic rings. The molecule has 1 N–H and O–H groups in total. The van der Waals surface area contributed by atoms with Crippen LogP contribution < -0.4 is 14.4 Å². The molecule has 6 rings (SSSR count). The van der Waals surface area contributed by atoms with Crippen LogP contribution in [0, 0.1) is 23.7 Å². The molecular formula is C40H58ClN3O6S. The van der Waals surface area contributed by atoms with Gasteiger partial charge in [0.1, 0.15) is 16.7 Å². The summed E-state index contributed by atoms with van der Waals surface area (Å²) in [7, 11) is 2.33. The number of nitrogens with zero attached hydrogens (tertiary/aromatic N) is 2. The van der Waals surface area contributed by atoms with Crippen molar-refractivity contribution in [2.24, 2.45) is 23.7 Å². The Morgan fingerprint density at radius 3 is 2.55 bits per heavy atom. The average Bonchev–Trinajstić information content (AvgIpc) is 3.30. The number of fused-ring (bicyclic) bond motifs is 2. The van der Waals surface area contributed by atoms with E-state index in [4.69, 9.17) is 30.5 Å². The number of carbonyl (C=O) groups is 1. The van der Waals surface area contributed by atoms with E-state index in [9.17, 15) is 9.00 Å². The molecule has 4 aliphatic rings. The quantitative estimate of drug-likeness (QED) is 0.315. The van der Waals surface area contributed by atoms with Crippen molar-refractivity contribution in [2.75, 3.05) is 65.1 Å². The molecule has 7 unspecified atom stereocenters. The van der Waals surface area contributed by atoms with Crippen LogP contribution in [-0.2, 0) is 31.6 Å². The van der Waals surface area contributed by atoms with Gasteiger partial charge in [-0.15, -0.1) is 0 Å². The molecule has 3 aliphatic heterocycles. The smallest absolute Gasteiger partial charge is 0.263 e. The van der Waals surface area contributed by atoms with Gasteiger partial charge in [0.15, 0.2) is 6.29 Å². The Morgan fingerprint density at radius 2 is 1.82 bits per heavy atom. The lowest BCUT2D eigenvalue weighted by atomic mass is 9.65. The summed E-state index contributed by atoms with van der Waals surface area (Å²) in [6, 6.07) is 12.1. The normalized spacial score (nSPS) is 31.9. The molecule has 282 valence electrons. The third-order valence-electron chi connectivity index (χ3n) is 12.0. The van der Waals surface area contributed by atoms with Crippen molar-refractivity contribution >= 4 is 34.2 Å². The van der Waals surface area contributed by atoms with E-state index in [-0.39, 0.29) is 41.2 Å². The van der Waals surface area contributed by atoms with Gasteiger partial charge in [0.25, 0.3) is 5.91 Å². The van der Waals surface area contributed by atoms with Crippen LogP contribution >= 0.6 is 11.6 Å². The molecule has 0 aromatic heterocycles. The maximum Gasteiger partial charge on any atom is 0.263 e. The van der Waals surface area contributed by atoms with Gasteiger partial charge < -0.3 is 23.8 Å². The summed E-state index contributed by atoms with van der Waals surface area (Å²) >= 11 is 6.48. The Labute approximate surface area is 312 Å². The monoisotopic (exact) mass is 743 g/mol. The largest absolute Gasteiger partial charge is 0.491 e. The number of aryl methyl sites for hydroxylation is 1. The standard InChI is InChI=1S/C40H58ClN3O6S/c1-6-8-28-19-32(41)13-15-34(28)31-22-44-21-30-11-14-35(30)36(40-49-24-33(25-50-40)43(4)17-18-47-5)10-7-9-26(2)27(3)51(46)42-39(45)29-12-16-38(48-23-31)37(44)20-29/h12-13,15-16,19-20,26-27,30-31,33,35-36,40H,6-11,14,17-18,21-25H2,1-5H3,(H,42,45). The summed E-state index contributed by atoms with van der Waals surface area (Å²) in [5, 5.41) is 0.575. The number of anilines is 1. The SMILES string of the molecule is CCCc1cc(Cl)ccc1C1COc2ccc3cc2N(C1)CC1CCC1C(C1OCC(N(C)CCOC)CO1)CCCC(C)C(C)S(=O)NC3=O. The first-order valence-corrected chi connectivity index (χ1v) is 20.7. The molecule has 2 aromatic carbocycles. The van der Waals surface area contributed by atoms with Crippen molar-refractivity contribution in [3.05, 3.63) is 58.1 Å². The van der Waals surface area contributed by atoms with Crippen LogP contribution in [0.25, 0.3) is 0 Å². The predicted molar refractivity (Wildman–Crippen MR) is 204 cm³/mol. The van der Waals surface area contributed by atoms with Gasteiger partial charge in [-0.2, -0.15) is 0 Å². The van der Waals surface area contributed by atoms with Crippen LogP contribution in [0.1, 0.15) is 86.7 Å². The maximum absolute atomic E-state index is 13.5. The van der Waals surface area contributed by atoms with Crippen molar-refractivity contribution in [2.45, 2.75) is 89.2 Å². The van der Waals surface area contributed by atoms with Gasteiger partial charge in [0, 0.05) is 49.2 Å². The molecule has 3 heterocycles. The van der Waals surface area contributed by atoms with Crippen molar-refractivity contribution in [3.63, 3.8) is 0 Å². The number of halogens is 1. The summed E-state index contributed by atoms with van der Waals surface area (Å²) in [6.07, 6.45) is 6.94. The Morgan fingerprint density at radius 1 is 1.02 bits per heavy atom. The number of hydrogen-bond acceptors (Lipinski definition) is 8. The second kappa shape index (κ2) is 17.7. The number of rotatable bonds is 8. The molecular weight excluding hydrogens is 686 g/mol. The number of likely N-dealkylation sites (N-methyl/N-ethyl adjacent to an activating group) is 1. The van der Waals surface area contributed by atoms with Crippen molar-refractivity contribution < 1.29 is 28.0 Å². The highest BCUT2D eigenvalue weighted by Gasteiger charge is 2.44. The van der Waals surface area contributed by atoms with E-state index >= 15 is 0 Å². The van der Waals surface area contributed by atoms with Crippen molar-refractivity contribution in [1.82, 2.24) is 9.62 Å². The minimum atomic E-state index is -1.51. The number of methoxy groups -OCH3 is 1. The summed E-state index contributed by atoms with van der Waals surface area (Å²) < 4.78 is 41.3. The fourth-order valence-electron chi connectivity index (χ4n) is 8.47. The van der Waals surface area contributed by atoms with Gasteiger partial charge in [-0.05, 0) is 105 Å². The van der Waals surface area contributed by atoms with Crippen LogP contribution in [0.2, 0.25) is 5.02 Å². The fraction of sp³-hybridized carbons (Fsp3) is 0.675. The molecule has 2 bridgehead atoms. The van der Waals surface area contributed by atoms with Crippen LogP contribution in [-0.4, -0.2) is 92.8 Å². The van der Waals surface area contributed by atoms with Gasteiger partial charge in [0.05, 0.1) is 43.4 Å². The summed E-state index contributed by atoms with van der Waals surface area (Å²) in [5.41, 5.74) is 3.96. The highest BCUT2D eigenvalue weighted by molar-refractivity contribution is 7.84. The van der Waals surface area contributed by atoms with Crippen molar-refractivity contribution in [1.29, 1.82) is 0 Å². The first-order chi connectivity index (χ1) is 24.7. The summed E-state index contributed by atoms with van der Waals surface area (Å²) in [5.74, 6) is 1.95. The first kappa shape index (κ1) is 38.5. The lowest BCUT2D eigenvalue weighted by molar-refractivity contribution is -0.242. The highest BCUT2D eigenvalue weighted by Crippen LogP contribution is 2.47. The average molecular weight is 744 g/mol. The Bertz CT molecular complexity index is 1500. The zero-order valence-electron chi connectivity index (χ0n) is 31.1. The molecule has 51 heavy (non-hydrogen) atoms. The molecule has 1 saturated carbocycles. The van der Waals surface area contributed by atoms with Gasteiger partial charge in [-0.3, -0.25) is 14.4 Å². The Kier molecular flexibility index (Phi) is 13.4. The second-order valence-corrected chi connectivity index (χ2v) is 17.3. The number of hydrogen-bond donors (Lipinski definition) is 1. The Hall–Kier alpha value is -2.21. The molecule has 9 nitrogen and oxygen atoms in total. The fourth-order valence-corrected chi connectivity index (χ4v) is 9.71. The van der Waals surface area contributed by atoms with E-state index in [2.05, 4.69) is 47.5 Å². The molecule has 1 saturated heterocycles. The third kappa shape index (κ3) is 9.13. The zero-order valence-corrected chi connectivity index (χ0v) is 32.7. The third-order valence-corrected chi connectivity index (χ3v) is 13.8. The van der Waals surface area contributed by atoms with Crippen molar-refractivity contribution in [3.8, 4) is 5.75 Å². The van der Waals surface area contributed by atoms with Crippen LogP contribution in [0.15, 0.2) is 36.4 Å². The minimum Gasteiger partial charge on any atom is -0.491 e. The summed E-state index contributed by atoms with van der Waals surface area (Å²) in [6.45, 7) is 11.3. The number of carbonyl (C=O) groups excluding carboxylic acids is 1. The maximum atomic E-state index is 13.5. The molecule has 11 heteroatoms. The van der Waals surface area contributed by atoms with Crippen LogP contribution in [0.4, 0.5) is 5.69 Å². The van der Waals surface area contributed by atoms with E-state index < -0.39 is 11.0 Å². The molecule has 1 aliphatic carbocycles. The first-order valence-electron chi connectivity index (χ1n) is 19.1. The van der Waals surface area contributed by atoms with E-state index in [1.807, 2.05) is 25.1 Å². The van der Waals surface area contributed by atoms with Crippen LogP contribution in [0.3, 0.4) is 0 Å². The Balaban J connectivity index is 1.31. The van der Waals surface area contributed by atoms with Gasteiger partial charge in [0.2, 0.25) is 0 Å². The van der Waals surface area contributed by atoms with E-state index in [1.165, 1.54) is 11.1 Å². The van der Waals surface area contributed by atoms with Crippen LogP contribution in [0.5, 0.6) is 5.75 Å². The molecule has 7 atom stereocenters.